The molecule has 0 aliphatic heterocycles. The SMILES string of the molecule is NNc1nc(NCc2ccc(Br)s2)c(F)cc1F. The van der Waals surface area contributed by atoms with Gasteiger partial charge in [-0.15, -0.1) is 11.3 Å². The summed E-state index contributed by atoms with van der Waals surface area (Å²) in [4.78, 5) is 4.70. The van der Waals surface area contributed by atoms with Gasteiger partial charge in [0, 0.05) is 10.9 Å². The minimum atomic E-state index is -0.834. The van der Waals surface area contributed by atoms with Crippen LogP contribution in [0, 0.1) is 11.6 Å². The van der Waals surface area contributed by atoms with E-state index in [1.54, 1.807) is 0 Å². The van der Waals surface area contributed by atoms with Gasteiger partial charge in [-0.1, -0.05) is 0 Å². The van der Waals surface area contributed by atoms with Crippen molar-refractivity contribution in [1.29, 1.82) is 0 Å². The highest BCUT2D eigenvalue weighted by atomic mass is 79.9. The number of hydrazine groups is 1. The molecule has 0 saturated carbocycles. The van der Waals surface area contributed by atoms with Gasteiger partial charge in [0.1, 0.15) is 0 Å². The summed E-state index contributed by atoms with van der Waals surface area (Å²) < 4.78 is 27.5. The van der Waals surface area contributed by atoms with Gasteiger partial charge in [0.05, 0.1) is 10.3 Å². The standard InChI is InChI=1S/C10H9BrF2N4S/c11-8-2-1-5(18-8)4-15-9-6(12)3-7(13)10(16-9)17-14/h1-3H,4,14H2,(H2,15,16,17). The number of nitrogen functional groups attached to an aromatic ring is 1. The molecule has 0 aliphatic rings. The number of nitrogens with two attached hydrogens (primary N) is 1. The fourth-order valence-corrected chi connectivity index (χ4v) is 2.73. The van der Waals surface area contributed by atoms with Gasteiger partial charge in [-0.2, -0.15) is 0 Å². The molecular formula is C10H9BrF2N4S. The number of nitrogens with one attached hydrogen (secondary N) is 2. The van der Waals surface area contributed by atoms with E-state index in [0.717, 1.165) is 14.7 Å². The number of nitrogens with zero attached hydrogens (tertiary/aromatic N) is 1. The number of anilines is 2. The Labute approximate surface area is 114 Å². The molecule has 0 bridgehead atoms. The van der Waals surface area contributed by atoms with E-state index in [9.17, 15) is 8.78 Å². The minimum absolute atomic E-state index is 0.0473. The lowest BCUT2D eigenvalue weighted by atomic mass is 10.4. The molecule has 0 saturated heterocycles. The van der Waals surface area contributed by atoms with Crippen LogP contribution in [0.5, 0.6) is 0 Å². The largest absolute Gasteiger partial charge is 0.363 e. The van der Waals surface area contributed by atoms with E-state index in [1.165, 1.54) is 11.3 Å². The maximum atomic E-state index is 13.4. The molecule has 0 aliphatic carbocycles. The monoisotopic (exact) mass is 334 g/mol. The Morgan fingerprint density at radius 1 is 1.28 bits per heavy atom. The Balaban J connectivity index is 2.13. The first kappa shape index (κ1) is 13.2. The van der Waals surface area contributed by atoms with Gasteiger partial charge in [-0.05, 0) is 28.1 Å². The maximum Gasteiger partial charge on any atom is 0.178 e. The van der Waals surface area contributed by atoms with Crippen molar-refractivity contribution < 1.29 is 8.78 Å². The van der Waals surface area contributed by atoms with Crippen molar-refractivity contribution in [3.8, 4) is 0 Å². The van der Waals surface area contributed by atoms with E-state index >= 15 is 0 Å². The molecule has 2 aromatic rings. The van der Waals surface area contributed by atoms with Gasteiger partial charge in [-0.3, -0.25) is 0 Å². The summed E-state index contributed by atoms with van der Waals surface area (Å²) in [5, 5.41) is 2.79. The van der Waals surface area contributed by atoms with Gasteiger partial charge in [0.2, 0.25) is 0 Å². The summed E-state index contributed by atoms with van der Waals surface area (Å²) in [6.07, 6.45) is 0. The van der Waals surface area contributed by atoms with Crippen molar-refractivity contribution in [3.63, 3.8) is 0 Å². The van der Waals surface area contributed by atoms with Crippen LogP contribution in [0.1, 0.15) is 4.88 Å². The van der Waals surface area contributed by atoms with Crippen molar-refractivity contribution >= 4 is 38.9 Å². The lowest BCUT2D eigenvalue weighted by Gasteiger charge is -2.08. The molecule has 0 spiro atoms. The number of hydrogen-bond acceptors (Lipinski definition) is 5. The van der Waals surface area contributed by atoms with Crippen molar-refractivity contribution in [1.82, 2.24) is 4.98 Å². The predicted molar refractivity (Wildman–Crippen MR) is 71.3 cm³/mol. The number of pyridine rings is 1. The molecule has 0 fully saturated rings. The summed E-state index contributed by atoms with van der Waals surface area (Å²) in [6, 6.07) is 4.52. The van der Waals surface area contributed by atoms with Crippen LogP contribution in [0.15, 0.2) is 22.0 Å². The third-order valence-corrected chi connectivity index (χ3v) is 3.75. The van der Waals surface area contributed by atoms with Crippen LogP contribution < -0.4 is 16.6 Å². The van der Waals surface area contributed by atoms with Gasteiger partial charge in [0.15, 0.2) is 23.3 Å². The van der Waals surface area contributed by atoms with E-state index in [-0.39, 0.29) is 11.6 Å². The smallest absolute Gasteiger partial charge is 0.178 e. The first-order valence-electron chi connectivity index (χ1n) is 4.91. The molecule has 0 amide bonds. The van der Waals surface area contributed by atoms with Crippen LogP contribution in [0.25, 0.3) is 0 Å². The summed E-state index contributed by atoms with van der Waals surface area (Å²) >= 11 is 4.85. The Kier molecular flexibility index (Phi) is 4.10. The van der Waals surface area contributed by atoms with Gasteiger partial charge >= 0.3 is 0 Å². The van der Waals surface area contributed by atoms with Gasteiger partial charge < -0.3 is 10.7 Å². The molecule has 0 atom stereocenters. The van der Waals surface area contributed by atoms with Crippen molar-refractivity contribution in [2.45, 2.75) is 6.54 Å². The molecule has 2 heterocycles. The zero-order chi connectivity index (χ0) is 13.1. The fourth-order valence-electron chi connectivity index (χ4n) is 1.31. The van der Waals surface area contributed by atoms with Crippen LogP contribution in [0.3, 0.4) is 0 Å². The number of aromatic nitrogens is 1. The average molecular weight is 335 g/mol. The van der Waals surface area contributed by atoms with Gasteiger partial charge in [0.25, 0.3) is 0 Å². The molecule has 0 unspecified atom stereocenters. The second kappa shape index (κ2) is 5.59. The molecule has 96 valence electrons. The molecule has 0 aromatic carbocycles. The molecule has 4 N–H and O–H groups in total. The van der Waals surface area contributed by atoms with Crippen molar-refractivity contribution in [3.05, 3.63) is 38.5 Å². The fraction of sp³-hybridized carbons (Fsp3) is 0.100. The Morgan fingerprint density at radius 3 is 2.61 bits per heavy atom. The predicted octanol–water partition coefficient (Wildman–Crippen LogP) is 3.08. The second-order valence-electron chi connectivity index (χ2n) is 3.35. The lowest BCUT2D eigenvalue weighted by molar-refractivity contribution is 0.578. The highest BCUT2D eigenvalue weighted by Gasteiger charge is 2.11. The molecule has 2 rings (SSSR count). The maximum absolute atomic E-state index is 13.4. The molecule has 2 aromatic heterocycles. The summed E-state index contributed by atoms with van der Waals surface area (Å²) in [5.74, 6) is 3.23. The summed E-state index contributed by atoms with van der Waals surface area (Å²) in [7, 11) is 0. The minimum Gasteiger partial charge on any atom is -0.363 e. The summed E-state index contributed by atoms with van der Waals surface area (Å²) in [6.45, 7) is 0.399. The first-order valence-corrected chi connectivity index (χ1v) is 6.52. The quantitative estimate of drug-likeness (QED) is 0.594. The van der Waals surface area contributed by atoms with E-state index in [0.29, 0.717) is 6.54 Å². The van der Waals surface area contributed by atoms with E-state index < -0.39 is 11.6 Å². The number of halogens is 3. The number of thiophene rings is 1. The van der Waals surface area contributed by atoms with Crippen LogP contribution in [-0.2, 0) is 6.54 Å². The van der Waals surface area contributed by atoms with Crippen LogP contribution >= 0.6 is 27.3 Å². The molecule has 8 heteroatoms. The highest BCUT2D eigenvalue weighted by Crippen LogP contribution is 2.24. The first-order chi connectivity index (χ1) is 8.60. The molecule has 0 radical (unpaired) electrons. The Morgan fingerprint density at radius 2 is 2.00 bits per heavy atom. The van der Waals surface area contributed by atoms with E-state index in [4.69, 9.17) is 5.84 Å². The third kappa shape index (κ3) is 2.95. The zero-order valence-electron chi connectivity index (χ0n) is 9.01. The van der Waals surface area contributed by atoms with Crippen LogP contribution in [-0.4, -0.2) is 4.98 Å². The molecule has 18 heavy (non-hydrogen) atoms. The summed E-state index contributed by atoms with van der Waals surface area (Å²) in [5.41, 5.74) is 2.07. The van der Waals surface area contributed by atoms with E-state index in [1.807, 2.05) is 12.1 Å². The van der Waals surface area contributed by atoms with Crippen molar-refractivity contribution in [2.24, 2.45) is 5.84 Å². The van der Waals surface area contributed by atoms with Crippen LogP contribution in [0.4, 0.5) is 20.4 Å². The van der Waals surface area contributed by atoms with Crippen molar-refractivity contribution in [2.75, 3.05) is 10.7 Å². The number of hydrogen-bond donors (Lipinski definition) is 3. The number of rotatable bonds is 4. The zero-order valence-corrected chi connectivity index (χ0v) is 11.4. The molecular weight excluding hydrogens is 326 g/mol. The lowest BCUT2D eigenvalue weighted by Crippen LogP contribution is -2.13. The average Bonchev–Trinajstić information content (AvgIpc) is 2.74. The van der Waals surface area contributed by atoms with E-state index in [2.05, 4.69) is 31.7 Å². The normalized spacial score (nSPS) is 10.4. The van der Waals surface area contributed by atoms with Crippen LogP contribution in [0.2, 0.25) is 0 Å². The Hall–Kier alpha value is -1.25. The second-order valence-corrected chi connectivity index (χ2v) is 5.90. The van der Waals surface area contributed by atoms with Gasteiger partial charge in [-0.25, -0.2) is 19.6 Å². The topological polar surface area (TPSA) is 63.0 Å². The highest BCUT2D eigenvalue weighted by molar-refractivity contribution is 9.11. The third-order valence-electron chi connectivity index (χ3n) is 2.13. The molecule has 4 nitrogen and oxygen atoms in total. The Bertz CT molecular complexity index is 561.